The monoisotopic (exact) mass is 280 g/mol. The van der Waals surface area contributed by atoms with E-state index >= 15 is 0 Å². The zero-order valence-corrected chi connectivity index (χ0v) is 12.1. The van der Waals surface area contributed by atoms with E-state index in [1.54, 1.807) is 18.2 Å². The van der Waals surface area contributed by atoms with Crippen molar-refractivity contribution < 1.29 is 4.79 Å². The Morgan fingerprint density at radius 1 is 1.42 bits per heavy atom. The van der Waals surface area contributed by atoms with E-state index < -0.39 is 0 Å². The molecular weight excluding hydrogens is 260 g/mol. The van der Waals surface area contributed by atoms with Crippen LogP contribution in [0, 0.1) is 0 Å². The standard InChI is InChI=1S/C15H21ClN2O/c1-2-12-6-4-3-5-9-18(12)15(19)11-7-8-14(17)13(16)10-11/h7-8,10,12H,2-6,9,17H2,1H3. The van der Waals surface area contributed by atoms with Crippen molar-refractivity contribution in [3.63, 3.8) is 0 Å². The van der Waals surface area contributed by atoms with Gasteiger partial charge in [0.1, 0.15) is 0 Å². The van der Waals surface area contributed by atoms with Gasteiger partial charge in [0, 0.05) is 18.2 Å². The fraction of sp³-hybridized carbons (Fsp3) is 0.533. The van der Waals surface area contributed by atoms with Crippen LogP contribution in [-0.4, -0.2) is 23.4 Å². The van der Waals surface area contributed by atoms with Gasteiger partial charge in [0.05, 0.1) is 10.7 Å². The van der Waals surface area contributed by atoms with E-state index in [0.717, 1.165) is 25.8 Å². The molecule has 1 aromatic rings. The van der Waals surface area contributed by atoms with Gasteiger partial charge in [-0.15, -0.1) is 0 Å². The average molecular weight is 281 g/mol. The molecule has 2 N–H and O–H groups in total. The first kappa shape index (κ1) is 14.2. The summed E-state index contributed by atoms with van der Waals surface area (Å²) in [4.78, 5) is 14.6. The van der Waals surface area contributed by atoms with Crippen LogP contribution in [0.15, 0.2) is 18.2 Å². The van der Waals surface area contributed by atoms with Gasteiger partial charge in [-0.05, 0) is 37.5 Å². The first-order chi connectivity index (χ1) is 9.13. The minimum absolute atomic E-state index is 0.0793. The molecule has 1 aliphatic heterocycles. The van der Waals surface area contributed by atoms with E-state index in [4.69, 9.17) is 17.3 Å². The van der Waals surface area contributed by atoms with Gasteiger partial charge >= 0.3 is 0 Å². The molecule has 1 amide bonds. The SMILES string of the molecule is CCC1CCCCCN1C(=O)c1ccc(N)c(Cl)c1. The Hall–Kier alpha value is -1.22. The molecule has 0 radical (unpaired) electrons. The van der Waals surface area contributed by atoms with Crippen molar-refractivity contribution in [1.82, 2.24) is 4.90 Å². The second kappa shape index (κ2) is 6.29. The Balaban J connectivity index is 2.22. The van der Waals surface area contributed by atoms with E-state index in [9.17, 15) is 4.79 Å². The van der Waals surface area contributed by atoms with Crippen LogP contribution in [-0.2, 0) is 0 Å². The van der Waals surface area contributed by atoms with Gasteiger partial charge in [-0.3, -0.25) is 4.79 Å². The first-order valence-corrected chi connectivity index (χ1v) is 7.37. The Morgan fingerprint density at radius 3 is 2.89 bits per heavy atom. The molecule has 0 aliphatic carbocycles. The minimum Gasteiger partial charge on any atom is -0.398 e. The van der Waals surface area contributed by atoms with Gasteiger partial charge in [0.15, 0.2) is 0 Å². The number of carbonyl (C=O) groups excluding carboxylic acids is 1. The highest BCUT2D eigenvalue weighted by Gasteiger charge is 2.25. The van der Waals surface area contributed by atoms with Crippen LogP contribution in [0.5, 0.6) is 0 Å². The van der Waals surface area contributed by atoms with E-state index in [1.165, 1.54) is 12.8 Å². The molecule has 1 fully saturated rings. The number of carbonyl (C=O) groups is 1. The predicted octanol–water partition coefficient (Wildman–Crippen LogP) is 3.72. The van der Waals surface area contributed by atoms with Gasteiger partial charge < -0.3 is 10.6 Å². The molecule has 1 aliphatic rings. The van der Waals surface area contributed by atoms with Crippen molar-refractivity contribution in [1.29, 1.82) is 0 Å². The van der Waals surface area contributed by atoms with Crippen LogP contribution < -0.4 is 5.73 Å². The van der Waals surface area contributed by atoms with Crippen molar-refractivity contribution in [3.05, 3.63) is 28.8 Å². The zero-order chi connectivity index (χ0) is 13.8. The fourth-order valence-electron chi connectivity index (χ4n) is 2.70. The third-order valence-electron chi connectivity index (χ3n) is 3.86. The topological polar surface area (TPSA) is 46.3 Å². The predicted molar refractivity (Wildman–Crippen MR) is 79.4 cm³/mol. The molecule has 1 atom stereocenters. The van der Waals surface area contributed by atoms with Crippen molar-refractivity contribution >= 4 is 23.2 Å². The van der Waals surface area contributed by atoms with Crippen LogP contribution in [0.1, 0.15) is 49.4 Å². The summed E-state index contributed by atoms with van der Waals surface area (Å²) in [6.07, 6.45) is 5.62. The van der Waals surface area contributed by atoms with E-state index in [0.29, 0.717) is 22.3 Å². The molecular formula is C15H21ClN2O. The lowest BCUT2D eigenvalue weighted by Crippen LogP contribution is -2.39. The van der Waals surface area contributed by atoms with Gasteiger partial charge in [0.2, 0.25) is 0 Å². The lowest BCUT2D eigenvalue weighted by atomic mass is 10.1. The van der Waals surface area contributed by atoms with Crippen LogP contribution in [0.2, 0.25) is 5.02 Å². The molecule has 3 nitrogen and oxygen atoms in total. The summed E-state index contributed by atoms with van der Waals surface area (Å²) < 4.78 is 0. The summed E-state index contributed by atoms with van der Waals surface area (Å²) in [5.74, 6) is 0.0793. The van der Waals surface area contributed by atoms with Gasteiger partial charge in [0.25, 0.3) is 5.91 Å². The maximum absolute atomic E-state index is 12.6. The molecule has 1 aromatic carbocycles. The third-order valence-corrected chi connectivity index (χ3v) is 4.18. The van der Waals surface area contributed by atoms with Crippen molar-refractivity contribution in [3.8, 4) is 0 Å². The highest BCUT2D eigenvalue weighted by Crippen LogP contribution is 2.24. The third kappa shape index (κ3) is 3.21. The van der Waals surface area contributed by atoms with Crippen LogP contribution >= 0.6 is 11.6 Å². The van der Waals surface area contributed by atoms with Crippen molar-refractivity contribution in [2.75, 3.05) is 12.3 Å². The average Bonchev–Trinajstić information content (AvgIpc) is 2.66. The Morgan fingerprint density at radius 2 is 2.21 bits per heavy atom. The second-order valence-corrected chi connectivity index (χ2v) is 5.55. The maximum atomic E-state index is 12.6. The number of rotatable bonds is 2. The molecule has 1 heterocycles. The molecule has 0 saturated carbocycles. The number of likely N-dealkylation sites (tertiary alicyclic amines) is 1. The highest BCUT2D eigenvalue weighted by molar-refractivity contribution is 6.33. The quantitative estimate of drug-likeness (QED) is 0.839. The fourth-order valence-corrected chi connectivity index (χ4v) is 2.88. The van der Waals surface area contributed by atoms with Crippen molar-refractivity contribution in [2.24, 2.45) is 0 Å². The summed E-state index contributed by atoms with van der Waals surface area (Å²) >= 11 is 6.00. The molecule has 0 spiro atoms. The highest BCUT2D eigenvalue weighted by atomic mass is 35.5. The smallest absolute Gasteiger partial charge is 0.254 e. The summed E-state index contributed by atoms with van der Waals surface area (Å²) in [5.41, 5.74) is 6.84. The van der Waals surface area contributed by atoms with E-state index in [-0.39, 0.29) is 5.91 Å². The molecule has 0 aromatic heterocycles. The summed E-state index contributed by atoms with van der Waals surface area (Å²) in [6.45, 7) is 2.99. The Kier molecular flexibility index (Phi) is 4.70. The zero-order valence-electron chi connectivity index (χ0n) is 11.4. The first-order valence-electron chi connectivity index (χ1n) is 6.99. The summed E-state index contributed by atoms with van der Waals surface area (Å²) in [5, 5.41) is 0.453. The molecule has 1 saturated heterocycles. The second-order valence-electron chi connectivity index (χ2n) is 5.15. The van der Waals surface area contributed by atoms with E-state index in [2.05, 4.69) is 6.92 Å². The number of nitrogen functional groups attached to an aromatic ring is 1. The summed E-state index contributed by atoms with van der Waals surface area (Å²) in [6, 6.07) is 5.50. The van der Waals surface area contributed by atoms with Gasteiger partial charge in [-0.25, -0.2) is 0 Å². The van der Waals surface area contributed by atoms with Gasteiger partial charge in [-0.1, -0.05) is 31.4 Å². The minimum atomic E-state index is 0.0793. The molecule has 4 heteroatoms. The van der Waals surface area contributed by atoms with Crippen LogP contribution in [0.3, 0.4) is 0 Å². The number of nitrogens with zero attached hydrogens (tertiary/aromatic N) is 1. The molecule has 2 rings (SSSR count). The number of nitrogens with two attached hydrogens (primary N) is 1. The normalized spacial score (nSPS) is 20.1. The lowest BCUT2D eigenvalue weighted by Gasteiger charge is -2.29. The molecule has 1 unspecified atom stereocenters. The number of anilines is 1. The molecule has 0 bridgehead atoms. The number of benzene rings is 1. The number of halogens is 1. The lowest BCUT2D eigenvalue weighted by molar-refractivity contribution is 0.0678. The van der Waals surface area contributed by atoms with Crippen LogP contribution in [0.4, 0.5) is 5.69 Å². The van der Waals surface area contributed by atoms with Gasteiger partial charge in [-0.2, -0.15) is 0 Å². The van der Waals surface area contributed by atoms with Crippen LogP contribution in [0.25, 0.3) is 0 Å². The van der Waals surface area contributed by atoms with Crippen molar-refractivity contribution in [2.45, 2.75) is 45.1 Å². The molecule has 19 heavy (non-hydrogen) atoms. The van der Waals surface area contributed by atoms with E-state index in [1.807, 2.05) is 4.90 Å². The molecule has 104 valence electrons. The Labute approximate surface area is 119 Å². The number of amides is 1. The Bertz CT molecular complexity index is 461. The largest absolute Gasteiger partial charge is 0.398 e. The number of hydrogen-bond acceptors (Lipinski definition) is 2. The summed E-state index contributed by atoms with van der Waals surface area (Å²) in [7, 11) is 0. The number of hydrogen-bond donors (Lipinski definition) is 1. The maximum Gasteiger partial charge on any atom is 0.254 e.